The number of hydrogen-bond acceptors (Lipinski definition) is 4. The number of rotatable bonds is 4. The number of aliphatic hydroxyl groups is 1. The van der Waals surface area contributed by atoms with Crippen molar-refractivity contribution >= 4 is 6.09 Å². The van der Waals surface area contributed by atoms with Crippen molar-refractivity contribution in [1.29, 1.82) is 0 Å². The summed E-state index contributed by atoms with van der Waals surface area (Å²) < 4.78 is 32.6. The molecule has 0 radical (unpaired) electrons. The van der Waals surface area contributed by atoms with Crippen LogP contribution in [0.4, 0.5) is 13.6 Å². The Morgan fingerprint density at radius 1 is 1.29 bits per heavy atom. The highest BCUT2D eigenvalue weighted by Crippen LogP contribution is 2.38. The predicted octanol–water partition coefficient (Wildman–Crippen LogP) is 3.86. The number of aliphatic hydroxyl groups excluding tert-OH is 1. The minimum absolute atomic E-state index is 0.0995. The van der Waals surface area contributed by atoms with Crippen LogP contribution in [0.1, 0.15) is 58.1 Å². The lowest BCUT2D eigenvalue weighted by molar-refractivity contribution is -0.00600. The maximum atomic E-state index is 13.9. The molecule has 2 aliphatic heterocycles. The van der Waals surface area contributed by atoms with Gasteiger partial charge in [-0.05, 0) is 59.6 Å². The van der Waals surface area contributed by atoms with Gasteiger partial charge in [0.25, 0.3) is 0 Å². The van der Waals surface area contributed by atoms with Gasteiger partial charge in [-0.25, -0.2) is 13.6 Å². The number of carbonyl (C=O) groups is 1. The molecule has 3 unspecified atom stereocenters. The largest absolute Gasteiger partial charge is 0.444 e. The Hall–Kier alpha value is -1.73. The van der Waals surface area contributed by atoms with Crippen LogP contribution >= 0.6 is 0 Å². The first-order chi connectivity index (χ1) is 13.0. The minimum Gasteiger partial charge on any atom is -0.444 e. The van der Waals surface area contributed by atoms with E-state index >= 15 is 0 Å². The first-order valence-corrected chi connectivity index (χ1v) is 9.89. The van der Waals surface area contributed by atoms with Gasteiger partial charge < -0.3 is 19.6 Å². The number of nitrogens with zero attached hydrogens (tertiary/aromatic N) is 2. The number of fused-ring (bicyclic) bond motifs is 2. The first kappa shape index (κ1) is 21.0. The molecule has 0 saturated carbocycles. The van der Waals surface area contributed by atoms with E-state index in [1.54, 1.807) is 0 Å². The predicted molar refractivity (Wildman–Crippen MR) is 102 cm³/mol. The van der Waals surface area contributed by atoms with Crippen molar-refractivity contribution in [3.05, 3.63) is 35.4 Å². The maximum Gasteiger partial charge on any atom is 0.410 e. The second kappa shape index (κ2) is 7.95. The molecule has 0 aromatic heterocycles. The van der Waals surface area contributed by atoms with Gasteiger partial charge >= 0.3 is 6.09 Å². The molecule has 0 aliphatic carbocycles. The van der Waals surface area contributed by atoms with Crippen molar-refractivity contribution in [2.45, 2.75) is 76.3 Å². The normalized spacial score (nSPS) is 25.9. The molecule has 7 heteroatoms. The van der Waals surface area contributed by atoms with Crippen molar-refractivity contribution in [3.8, 4) is 0 Å². The second-order valence-electron chi connectivity index (χ2n) is 9.02. The summed E-state index contributed by atoms with van der Waals surface area (Å²) in [7, 11) is 1.90. The second-order valence-corrected chi connectivity index (χ2v) is 9.02. The van der Waals surface area contributed by atoms with Gasteiger partial charge in [0.1, 0.15) is 17.2 Å². The average Bonchev–Trinajstić information content (AvgIpc) is 2.83. The Morgan fingerprint density at radius 3 is 2.43 bits per heavy atom. The van der Waals surface area contributed by atoms with Gasteiger partial charge in [-0.2, -0.15) is 0 Å². The van der Waals surface area contributed by atoms with E-state index in [4.69, 9.17) is 4.74 Å². The summed E-state index contributed by atoms with van der Waals surface area (Å²) in [6, 6.07) is 3.67. The van der Waals surface area contributed by atoms with E-state index in [0.29, 0.717) is 0 Å². The van der Waals surface area contributed by atoms with Gasteiger partial charge in [0.05, 0.1) is 6.10 Å². The molecule has 1 N–H and O–H groups in total. The third-order valence-corrected chi connectivity index (χ3v) is 5.72. The lowest BCUT2D eigenvalue weighted by atomic mass is 9.96. The van der Waals surface area contributed by atoms with Crippen LogP contribution in [-0.4, -0.2) is 58.3 Å². The van der Waals surface area contributed by atoms with E-state index in [-0.39, 0.29) is 36.3 Å². The van der Waals surface area contributed by atoms with Crippen molar-refractivity contribution in [2.75, 3.05) is 13.6 Å². The number of amides is 1. The van der Waals surface area contributed by atoms with Crippen molar-refractivity contribution < 1.29 is 23.4 Å². The molecule has 0 spiro atoms. The first-order valence-electron chi connectivity index (χ1n) is 9.89. The van der Waals surface area contributed by atoms with E-state index in [9.17, 15) is 18.7 Å². The molecule has 2 fully saturated rings. The van der Waals surface area contributed by atoms with Gasteiger partial charge in [0.15, 0.2) is 0 Å². The van der Waals surface area contributed by atoms with Crippen molar-refractivity contribution in [2.24, 2.45) is 0 Å². The molecular weight excluding hydrogens is 366 g/mol. The molecule has 156 valence electrons. The minimum atomic E-state index is -1.04. The van der Waals surface area contributed by atoms with Gasteiger partial charge in [-0.15, -0.1) is 0 Å². The molecule has 2 bridgehead atoms. The lowest BCUT2D eigenvalue weighted by Crippen LogP contribution is -2.53. The Labute approximate surface area is 165 Å². The van der Waals surface area contributed by atoms with E-state index < -0.39 is 23.3 Å². The average molecular weight is 396 g/mol. The zero-order valence-electron chi connectivity index (χ0n) is 17.0. The summed E-state index contributed by atoms with van der Waals surface area (Å²) in [5.74, 6) is -1.39. The maximum absolute atomic E-state index is 13.9. The molecular formula is C21H30F2N2O3. The van der Waals surface area contributed by atoms with Crippen LogP contribution in [0.25, 0.3) is 0 Å². The fourth-order valence-corrected chi connectivity index (χ4v) is 4.41. The highest BCUT2D eigenvalue weighted by Gasteiger charge is 2.45. The van der Waals surface area contributed by atoms with Gasteiger partial charge in [-0.3, -0.25) is 0 Å². The number of hydrogen-bond donors (Lipinski definition) is 1. The number of carbonyl (C=O) groups excluding carboxylic acids is 1. The molecule has 5 nitrogen and oxygen atoms in total. The SMILES string of the molecule is CN(CC(O)c1ccc(F)cc1F)C1CC2CCC(C1)N2C(=O)OC(C)(C)C. The fourth-order valence-electron chi connectivity index (χ4n) is 4.41. The van der Waals surface area contributed by atoms with Crippen LogP contribution in [0, 0.1) is 11.6 Å². The summed E-state index contributed by atoms with van der Waals surface area (Å²) in [5.41, 5.74) is -0.421. The fraction of sp³-hybridized carbons (Fsp3) is 0.667. The van der Waals surface area contributed by atoms with E-state index in [0.717, 1.165) is 37.8 Å². The third kappa shape index (κ3) is 4.63. The van der Waals surface area contributed by atoms with Gasteiger partial charge in [0, 0.05) is 36.3 Å². The van der Waals surface area contributed by atoms with Crippen LogP contribution in [0.15, 0.2) is 18.2 Å². The molecule has 3 rings (SSSR count). The topological polar surface area (TPSA) is 53.0 Å². The number of benzene rings is 1. The van der Waals surface area contributed by atoms with Gasteiger partial charge in [-0.1, -0.05) is 6.07 Å². The van der Waals surface area contributed by atoms with Crippen LogP contribution in [0.2, 0.25) is 0 Å². The number of likely N-dealkylation sites (N-methyl/N-ethyl adjacent to an activating group) is 1. The van der Waals surface area contributed by atoms with Crippen LogP contribution in [0.3, 0.4) is 0 Å². The number of ether oxygens (including phenoxy) is 1. The molecule has 28 heavy (non-hydrogen) atoms. The van der Waals surface area contributed by atoms with Crippen LogP contribution < -0.4 is 0 Å². The Bertz CT molecular complexity index is 708. The zero-order valence-corrected chi connectivity index (χ0v) is 17.0. The summed E-state index contributed by atoms with van der Waals surface area (Å²) in [4.78, 5) is 16.5. The van der Waals surface area contributed by atoms with Crippen molar-refractivity contribution in [3.63, 3.8) is 0 Å². The number of piperidine rings is 1. The molecule has 2 saturated heterocycles. The summed E-state index contributed by atoms with van der Waals surface area (Å²) in [6.45, 7) is 5.84. The Balaban J connectivity index is 1.61. The zero-order chi connectivity index (χ0) is 20.6. The smallest absolute Gasteiger partial charge is 0.410 e. The molecule has 3 atom stereocenters. The summed E-state index contributed by atoms with van der Waals surface area (Å²) in [5, 5.41) is 10.4. The summed E-state index contributed by atoms with van der Waals surface area (Å²) in [6.07, 6.45) is 2.20. The van der Waals surface area contributed by atoms with E-state index in [1.165, 1.54) is 6.07 Å². The highest BCUT2D eigenvalue weighted by molar-refractivity contribution is 5.69. The highest BCUT2D eigenvalue weighted by atomic mass is 19.1. The molecule has 1 aromatic rings. The molecule has 2 aliphatic rings. The molecule has 1 aromatic carbocycles. The third-order valence-electron chi connectivity index (χ3n) is 5.72. The molecule has 1 amide bonds. The van der Waals surface area contributed by atoms with Crippen molar-refractivity contribution in [1.82, 2.24) is 9.80 Å². The standard InChI is InChI=1S/C21H30F2N2O3/c1-21(2,3)28-20(27)25-14-6-7-15(25)11-16(10-14)24(4)12-19(26)17-8-5-13(22)9-18(17)23/h5,8-9,14-16,19,26H,6-7,10-12H2,1-4H3. The van der Waals surface area contributed by atoms with E-state index in [2.05, 4.69) is 0 Å². The summed E-state index contributed by atoms with van der Waals surface area (Å²) >= 11 is 0. The number of halogens is 2. The van der Waals surface area contributed by atoms with E-state index in [1.807, 2.05) is 37.6 Å². The lowest BCUT2D eigenvalue weighted by Gasteiger charge is -2.42. The Morgan fingerprint density at radius 2 is 1.89 bits per heavy atom. The van der Waals surface area contributed by atoms with Gasteiger partial charge in [0.2, 0.25) is 0 Å². The Kier molecular flexibility index (Phi) is 5.96. The van der Waals surface area contributed by atoms with Crippen LogP contribution in [0.5, 0.6) is 0 Å². The quantitative estimate of drug-likeness (QED) is 0.840. The monoisotopic (exact) mass is 396 g/mol. The van der Waals surface area contributed by atoms with Crippen LogP contribution in [-0.2, 0) is 4.74 Å². The molecule has 2 heterocycles.